The molecule has 0 unspecified atom stereocenters. The van der Waals surface area contributed by atoms with Crippen LogP contribution in [0.1, 0.15) is 0 Å². The van der Waals surface area contributed by atoms with Crippen molar-refractivity contribution in [2.24, 2.45) is 0 Å². The molecule has 0 aliphatic heterocycles. The molecule has 20 aromatic carbocycles. The van der Waals surface area contributed by atoms with E-state index in [-0.39, 0.29) is 0 Å². The van der Waals surface area contributed by atoms with Crippen LogP contribution in [-0.2, 0) is 0 Å². The van der Waals surface area contributed by atoms with Crippen LogP contribution < -0.4 is 0 Å². The minimum Gasteiger partial charge on any atom is -0.135 e. The monoisotopic (exact) mass is 1370 g/mol. The Hall–Kier alpha value is -13.1. The predicted octanol–water partition coefficient (Wildman–Crippen LogP) is 30.7. The summed E-state index contributed by atoms with van der Waals surface area (Å²) in [7, 11) is 0. The fourth-order valence-corrected chi connectivity index (χ4v) is 20.5. The van der Waals surface area contributed by atoms with Gasteiger partial charge in [-0.15, -0.1) is 22.7 Å². The first-order valence-corrected chi connectivity index (χ1v) is 38.2. The number of thiophene rings is 2. The van der Waals surface area contributed by atoms with E-state index in [1.54, 1.807) is 0 Å². The van der Waals surface area contributed by atoms with Gasteiger partial charge in [-0.2, -0.15) is 0 Å². The highest BCUT2D eigenvalue weighted by molar-refractivity contribution is 7.27. The van der Waals surface area contributed by atoms with Crippen LogP contribution in [0.4, 0.5) is 0 Å². The van der Waals surface area contributed by atoms with Crippen LogP contribution >= 0.6 is 22.7 Å². The van der Waals surface area contributed by atoms with Gasteiger partial charge in [0.1, 0.15) is 0 Å². The zero-order chi connectivity index (χ0) is 69.5. The highest BCUT2D eigenvalue weighted by Gasteiger charge is 2.24. The van der Waals surface area contributed by atoms with Crippen LogP contribution in [0.25, 0.3) is 227 Å². The Labute approximate surface area is 620 Å². The van der Waals surface area contributed by atoms with Crippen molar-refractivity contribution in [1.29, 1.82) is 0 Å². The molecule has 2 heterocycles. The van der Waals surface area contributed by atoms with Crippen molar-refractivity contribution in [3.63, 3.8) is 0 Å². The first kappa shape index (κ1) is 60.5. The minimum absolute atomic E-state index is 1.17. The molecule has 0 atom stereocenters. The predicted molar refractivity (Wildman–Crippen MR) is 461 cm³/mol. The maximum absolute atomic E-state index is 2.50. The van der Waals surface area contributed by atoms with Gasteiger partial charge in [0, 0.05) is 56.7 Å². The van der Waals surface area contributed by atoms with E-state index in [1.807, 2.05) is 22.7 Å². The molecule has 0 N–H and O–H groups in total. The van der Waals surface area contributed by atoms with Crippen molar-refractivity contribution in [3.05, 3.63) is 376 Å². The lowest BCUT2D eigenvalue weighted by atomic mass is 9.84. The van der Waals surface area contributed by atoms with E-state index in [9.17, 15) is 0 Å². The molecule has 0 saturated heterocycles. The lowest BCUT2D eigenvalue weighted by Gasteiger charge is -2.19. The van der Waals surface area contributed by atoms with Crippen molar-refractivity contribution in [2.45, 2.75) is 0 Å². The van der Waals surface area contributed by atoms with Gasteiger partial charge in [-0.1, -0.05) is 328 Å². The Balaban J connectivity index is 0.676. The van der Waals surface area contributed by atoms with Gasteiger partial charge in [0.05, 0.1) is 0 Å². The van der Waals surface area contributed by atoms with Gasteiger partial charge in [-0.25, -0.2) is 0 Å². The van der Waals surface area contributed by atoms with E-state index in [1.165, 1.54) is 227 Å². The molecule has 0 aliphatic carbocycles. The lowest BCUT2D eigenvalue weighted by molar-refractivity contribution is 1.59. The molecule has 22 rings (SSSR count). The number of hydrogen-bond donors (Lipinski definition) is 0. The van der Waals surface area contributed by atoms with Gasteiger partial charge in [-0.05, 0) is 219 Å². The summed E-state index contributed by atoms with van der Waals surface area (Å²) in [5.74, 6) is 0. The fraction of sp³-hybridized carbons (Fsp3) is 0. The molecule has 2 aromatic heterocycles. The quantitative estimate of drug-likeness (QED) is 0.0998. The number of hydrogen-bond acceptors (Lipinski definition) is 2. The molecule has 22 aromatic rings. The van der Waals surface area contributed by atoms with E-state index in [2.05, 4.69) is 376 Å². The normalized spacial score (nSPS) is 12.0. The third-order valence-electron chi connectivity index (χ3n) is 22.6. The second-order valence-corrected chi connectivity index (χ2v) is 30.4. The molecule has 0 nitrogen and oxygen atoms in total. The summed E-state index contributed by atoms with van der Waals surface area (Å²) in [4.78, 5) is 0. The molecule has 0 amide bonds. The molecule has 0 aliphatic rings. The Bertz CT molecular complexity index is 7320. The Morgan fingerprint density at radius 1 is 0.132 bits per heavy atom. The van der Waals surface area contributed by atoms with Gasteiger partial charge in [-0.3, -0.25) is 0 Å². The SMILES string of the molecule is c1ccc(-c2ccc(-c3c4ccccc4c(-c4cccc(-c5cc(-c6cccc(-c7cccc(-c8c9ccccc9c(-c9cccc(-c%10ccc%11sc%12c%13ccccc%13c%13ccccc%13c%12c%11c%10)c9)c9ccccc89)c7)c6)c6sc7c8ccccc8c8ccccc8c7c6c5)c4)c4ccccc34)cc2)cc1. The summed E-state index contributed by atoms with van der Waals surface area (Å²) >= 11 is 3.85. The molecule has 0 saturated carbocycles. The molecule has 0 spiro atoms. The molecule has 490 valence electrons. The molecule has 0 radical (unpaired) electrons. The van der Waals surface area contributed by atoms with Crippen LogP contribution in [0.2, 0.25) is 0 Å². The lowest BCUT2D eigenvalue weighted by Crippen LogP contribution is -1.92. The summed E-state index contributed by atoms with van der Waals surface area (Å²) in [5.41, 5.74) is 21.7. The van der Waals surface area contributed by atoms with Gasteiger partial charge in [0.2, 0.25) is 0 Å². The van der Waals surface area contributed by atoms with Gasteiger partial charge in [0.25, 0.3) is 0 Å². The summed E-state index contributed by atoms with van der Waals surface area (Å²) < 4.78 is 5.27. The van der Waals surface area contributed by atoms with E-state index in [0.717, 1.165) is 0 Å². The van der Waals surface area contributed by atoms with Crippen molar-refractivity contribution < 1.29 is 0 Å². The summed E-state index contributed by atoms with van der Waals surface area (Å²) in [6.45, 7) is 0. The zero-order valence-corrected chi connectivity index (χ0v) is 59.2. The third-order valence-corrected chi connectivity index (χ3v) is 25.0. The zero-order valence-electron chi connectivity index (χ0n) is 57.6. The number of benzene rings is 20. The Morgan fingerprint density at radius 3 is 0.868 bits per heavy atom. The summed E-state index contributed by atoms with van der Waals surface area (Å²) in [5, 5.41) is 25.5. The highest BCUT2D eigenvalue weighted by atomic mass is 32.1. The maximum Gasteiger partial charge on any atom is 0.0440 e. The topological polar surface area (TPSA) is 0 Å². The molecular formula is C104H62S2. The minimum atomic E-state index is 1.17. The standard InChI is InChI=1S/C104H62S2/c1-2-24-63(25-3-1)64-50-52-65(53-51-64)96-82-40-10-12-42-84(82)99(85-43-13-11-41-83(85)96)74-33-23-29-69(59-74)75-61-92(102-94(62-75)101-81-39-9-5-35-77(81)79-37-7-19-49-91(79)104(101)106-102)71-30-20-26-66(56-71)67-27-21-31-72(57-67)97-86-44-14-16-46-88(86)98(89-47-17-15-45-87(89)97)73-32-22-28-68(58-73)70-54-55-95-93(60-70)100-80-38-8-4-34-76(80)78-36-6-18-48-90(78)103(100)105-95/h1-62H. The van der Waals surface area contributed by atoms with E-state index in [4.69, 9.17) is 0 Å². The first-order chi connectivity index (χ1) is 52.6. The van der Waals surface area contributed by atoms with Crippen molar-refractivity contribution >= 4 is 149 Å². The number of fused-ring (bicyclic) bond motifs is 20. The van der Waals surface area contributed by atoms with Crippen LogP contribution in [0, 0.1) is 0 Å². The average molecular weight is 1380 g/mol. The van der Waals surface area contributed by atoms with E-state index >= 15 is 0 Å². The molecule has 0 bridgehead atoms. The summed E-state index contributed by atoms with van der Waals surface area (Å²) in [6, 6.07) is 141. The third kappa shape index (κ3) is 9.52. The largest absolute Gasteiger partial charge is 0.135 e. The second kappa shape index (κ2) is 24.3. The first-order valence-electron chi connectivity index (χ1n) is 36.6. The highest BCUT2D eigenvalue weighted by Crippen LogP contribution is 2.53. The van der Waals surface area contributed by atoms with E-state index in [0.29, 0.717) is 0 Å². The van der Waals surface area contributed by atoms with Gasteiger partial charge >= 0.3 is 0 Å². The molecular weight excluding hydrogens is 1310 g/mol. The van der Waals surface area contributed by atoms with Crippen molar-refractivity contribution in [3.8, 4) is 100 Å². The Morgan fingerprint density at radius 2 is 0.415 bits per heavy atom. The van der Waals surface area contributed by atoms with Crippen LogP contribution in [-0.4, -0.2) is 0 Å². The second-order valence-electron chi connectivity index (χ2n) is 28.4. The Kier molecular flexibility index (Phi) is 13.9. The van der Waals surface area contributed by atoms with Crippen LogP contribution in [0.15, 0.2) is 376 Å². The van der Waals surface area contributed by atoms with Crippen LogP contribution in [0.5, 0.6) is 0 Å². The van der Waals surface area contributed by atoms with Crippen molar-refractivity contribution in [1.82, 2.24) is 0 Å². The molecule has 0 fully saturated rings. The van der Waals surface area contributed by atoms with Gasteiger partial charge < -0.3 is 0 Å². The van der Waals surface area contributed by atoms with Crippen LogP contribution in [0.3, 0.4) is 0 Å². The average Bonchev–Trinajstić information content (AvgIpc) is 1.40. The van der Waals surface area contributed by atoms with Gasteiger partial charge in [0.15, 0.2) is 0 Å². The smallest absolute Gasteiger partial charge is 0.0440 e. The summed E-state index contributed by atoms with van der Waals surface area (Å²) in [6.07, 6.45) is 0. The molecule has 106 heavy (non-hydrogen) atoms. The fourth-order valence-electron chi connectivity index (χ4n) is 17.9. The van der Waals surface area contributed by atoms with E-state index < -0.39 is 0 Å². The number of rotatable bonds is 9. The van der Waals surface area contributed by atoms with Crippen molar-refractivity contribution in [2.75, 3.05) is 0 Å². The molecule has 2 heteroatoms. The maximum atomic E-state index is 2.50.